The normalized spacial score (nSPS) is 10.5. The second kappa shape index (κ2) is 3.61. The maximum absolute atomic E-state index is 11.5. The maximum atomic E-state index is 11.5. The maximum Gasteiger partial charge on any atom is 0.252 e. The van der Waals surface area contributed by atoms with Gasteiger partial charge in [-0.1, -0.05) is 0 Å². The Morgan fingerprint density at radius 2 is 2.27 bits per heavy atom. The minimum absolute atomic E-state index is 0.00824. The average Bonchev–Trinajstić information content (AvgIpc) is 2.23. The molecule has 2 heterocycles. The van der Waals surface area contributed by atoms with Crippen LogP contribution < -0.4 is 5.56 Å². The summed E-state index contributed by atoms with van der Waals surface area (Å²) in [6, 6.07) is 2.99. The van der Waals surface area contributed by atoms with Crippen molar-refractivity contribution in [1.82, 2.24) is 14.5 Å². The Kier molecular flexibility index (Phi) is 2.29. The number of hydrogen-bond acceptors (Lipinski definition) is 4. The van der Waals surface area contributed by atoms with Crippen LogP contribution in [0.5, 0.6) is 0 Å². The van der Waals surface area contributed by atoms with Crippen LogP contribution in [-0.2, 0) is 11.3 Å². The Hall–Kier alpha value is -2.04. The van der Waals surface area contributed by atoms with Crippen molar-refractivity contribution < 1.29 is 4.79 Å². The second-order valence-electron chi connectivity index (χ2n) is 3.17. The van der Waals surface area contributed by atoms with Crippen LogP contribution >= 0.6 is 0 Å². The topological polar surface area (TPSA) is 64.8 Å². The van der Waals surface area contributed by atoms with E-state index in [1.54, 1.807) is 19.2 Å². The van der Waals surface area contributed by atoms with Crippen LogP contribution in [0.4, 0.5) is 0 Å². The number of nitrogens with zero attached hydrogens (tertiary/aromatic N) is 3. The van der Waals surface area contributed by atoms with Crippen molar-refractivity contribution in [2.24, 2.45) is 0 Å². The Morgan fingerprint density at radius 1 is 1.47 bits per heavy atom. The van der Waals surface area contributed by atoms with Gasteiger partial charge in [0.05, 0.1) is 12.2 Å². The van der Waals surface area contributed by atoms with Crippen LogP contribution in [0.15, 0.2) is 23.1 Å². The van der Waals surface area contributed by atoms with E-state index in [9.17, 15) is 9.59 Å². The van der Waals surface area contributed by atoms with Crippen LogP contribution in [0, 0.1) is 6.92 Å². The molecule has 0 amide bonds. The summed E-state index contributed by atoms with van der Waals surface area (Å²) in [5, 5.41) is 0. The monoisotopic (exact) mass is 203 g/mol. The molecule has 0 radical (unpaired) electrons. The first-order valence-electron chi connectivity index (χ1n) is 4.49. The summed E-state index contributed by atoms with van der Waals surface area (Å²) in [5.41, 5.74) is 1.54. The molecule has 5 nitrogen and oxygen atoms in total. The molecule has 0 aliphatic carbocycles. The van der Waals surface area contributed by atoms with E-state index in [-0.39, 0.29) is 12.1 Å². The summed E-state index contributed by atoms with van der Waals surface area (Å²) in [6.45, 7) is 1.80. The molecule has 0 fully saturated rings. The smallest absolute Gasteiger partial charge is 0.252 e. The molecule has 0 N–H and O–H groups in total. The van der Waals surface area contributed by atoms with Gasteiger partial charge < -0.3 is 4.79 Å². The molecule has 0 unspecified atom stereocenters. The number of rotatable bonds is 2. The molecule has 0 saturated heterocycles. The lowest BCUT2D eigenvalue weighted by molar-refractivity contribution is -0.108. The highest BCUT2D eigenvalue weighted by Gasteiger charge is 2.04. The van der Waals surface area contributed by atoms with E-state index < -0.39 is 0 Å². The minimum Gasteiger partial charge on any atom is -0.301 e. The van der Waals surface area contributed by atoms with Crippen molar-refractivity contribution in [3.8, 4) is 0 Å². The SMILES string of the molecule is Cc1cnc2ccc(=O)n(CC=O)c2n1. The summed E-state index contributed by atoms with van der Waals surface area (Å²) in [7, 11) is 0. The van der Waals surface area contributed by atoms with Crippen LogP contribution in [-0.4, -0.2) is 20.8 Å². The summed E-state index contributed by atoms with van der Waals surface area (Å²) in [5.74, 6) is 0. The zero-order chi connectivity index (χ0) is 10.8. The van der Waals surface area contributed by atoms with Gasteiger partial charge in [0.25, 0.3) is 5.56 Å². The van der Waals surface area contributed by atoms with Crippen LogP contribution in [0.1, 0.15) is 5.69 Å². The lowest BCUT2D eigenvalue weighted by Crippen LogP contribution is -2.21. The van der Waals surface area contributed by atoms with E-state index in [2.05, 4.69) is 9.97 Å². The zero-order valence-corrected chi connectivity index (χ0v) is 8.17. The highest BCUT2D eigenvalue weighted by Crippen LogP contribution is 2.05. The molecule has 5 heteroatoms. The van der Waals surface area contributed by atoms with Crippen LogP contribution in [0.3, 0.4) is 0 Å². The molecule has 0 spiro atoms. The van der Waals surface area contributed by atoms with Crippen molar-refractivity contribution in [3.05, 3.63) is 34.4 Å². The number of carbonyl (C=O) groups is 1. The molecule has 0 bridgehead atoms. The third-order valence-electron chi connectivity index (χ3n) is 2.06. The lowest BCUT2D eigenvalue weighted by Gasteiger charge is -2.04. The van der Waals surface area contributed by atoms with Gasteiger partial charge in [-0.2, -0.15) is 0 Å². The Labute approximate surface area is 85.4 Å². The van der Waals surface area contributed by atoms with Crippen molar-refractivity contribution in [2.45, 2.75) is 13.5 Å². The van der Waals surface area contributed by atoms with E-state index in [0.717, 1.165) is 0 Å². The predicted molar refractivity (Wildman–Crippen MR) is 54.6 cm³/mol. The summed E-state index contributed by atoms with van der Waals surface area (Å²) in [4.78, 5) is 30.2. The number of carbonyl (C=O) groups excluding carboxylic acids is 1. The van der Waals surface area contributed by atoms with Crippen LogP contribution in [0.2, 0.25) is 0 Å². The third kappa shape index (κ3) is 1.63. The van der Waals surface area contributed by atoms with Crippen molar-refractivity contribution >= 4 is 17.5 Å². The minimum atomic E-state index is -0.241. The first-order chi connectivity index (χ1) is 7.22. The molecule has 2 aromatic rings. The van der Waals surface area contributed by atoms with E-state index in [1.165, 1.54) is 10.6 Å². The van der Waals surface area contributed by atoms with Crippen LogP contribution in [0.25, 0.3) is 11.2 Å². The molecule has 0 aliphatic heterocycles. The average molecular weight is 203 g/mol. The molecule has 2 rings (SSSR count). The fourth-order valence-corrected chi connectivity index (χ4v) is 1.39. The van der Waals surface area contributed by atoms with Gasteiger partial charge in [-0.15, -0.1) is 0 Å². The van der Waals surface area contributed by atoms with E-state index in [1.807, 2.05) is 0 Å². The first kappa shape index (κ1) is 9.51. The van der Waals surface area contributed by atoms with Gasteiger partial charge in [-0.25, -0.2) is 4.98 Å². The van der Waals surface area contributed by atoms with E-state index in [0.29, 0.717) is 23.1 Å². The number of aromatic nitrogens is 3. The number of fused-ring (bicyclic) bond motifs is 1. The zero-order valence-electron chi connectivity index (χ0n) is 8.17. The number of pyridine rings is 1. The van der Waals surface area contributed by atoms with Crippen molar-refractivity contribution in [1.29, 1.82) is 0 Å². The fraction of sp³-hybridized carbons (Fsp3) is 0.200. The van der Waals surface area contributed by atoms with Gasteiger partial charge in [0.1, 0.15) is 11.8 Å². The molecular formula is C10H9N3O2. The Morgan fingerprint density at radius 3 is 3.00 bits per heavy atom. The van der Waals surface area contributed by atoms with Gasteiger partial charge in [-0.3, -0.25) is 14.3 Å². The summed E-state index contributed by atoms with van der Waals surface area (Å²) in [6.07, 6.45) is 2.29. The predicted octanol–water partition coefficient (Wildman–Crippen LogP) is 0.299. The molecule has 15 heavy (non-hydrogen) atoms. The van der Waals surface area contributed by atoms with E-state index in [4.69, 9.17) is 0 Å². The number of hydrogen-bond donors (Lipinski definition) is 0. The molecule has 2 aromatic heterocycles. The number of aldehydes is 1. The highest BCUT2D eigenvalue weighted by molar-refractivity contribution is 5.70. The third-order valence-corrected chi connectivity index (χ3v) is 2.06. The highest BCUT2D eigenvalue weighted by atomic mass is 16.1. The lowest BCUT2D eigenvalue weighted by atomic mass is 10.3. The Bertz CT molecular complexity index is 574. The van der Waals surface area contributed by atoms with Gasteiger partial charge in [0.2, 0.25) is 0 Å². The molecule has 0 aromatic carbocycles. The standard InChI is InChI=1S/C10H9N3O2/c1-7-6-11-8-2-3-9(15)13(4-5-14)10(8)12-7/h2-3,5-6H,4H2,1H3. The van der Waals surface area contributed by atoms with Crippen molar-refractivity contribution in [3.63, 3.8) is 0 Å². The molecule has 0 aliphatic rings. The van der Waals surface area contributed by atoms with E-state index >= 15 is 0 Å². The fourth-order valence-electron chi connectivity index (χ4n) is 1.39. The molecule has 0 saturated carbocycles. The molecular weight excluding hydrogens is 194 g/mol. The quantitative estimate of drug-likeness (QED) is 0.658. The van der Waals surface area contributed by atoms with Crippen molar-refractivity contribution in [2.75, 3.05) is 0 Å². The first-order valence-corrected chi connectivity index (χ1v) is 4.49. The molecule has 76 valence electrons. The van der Waals surface area contributed by atoms with Gasteiger partial charge in [0.15, 0.2) is 5.65 Å². The summed E-state index contributed by atoms with van der Waals surface area (Å²) < 4.78 is 1.31. The largest absolute Gasteiger partial charge is 0.301 e. The Balaban J connectivity index is 2.84. The number of aryl methyl sites for hydroxylation is 1. The molecule has 0 atom stereocenters. The summed E-state index contributed by atoms with van der Waals surface area (Å²) >= 11 is 0. The van der Waals surface area contributed by atoms with Gasteiger partial charge in [-0.05, 0) is 13.0 Å². The van der Waals surface area contributed by atoms with Gasteiger partial charge in [0, 0.05) is 12.3 Å². The second-order valence-corrected chi connectivity index (χ2v) is 3.17. The van der Waals surface area contributed by atoms with Gasteiger partial charge >= 0.3 is 0 Å².